The summed E-state index contributed by atoms with van der Waals surface area (Å²) in [6.45, 7) is 5.93. The van der Waals surface area contributed by atoms with Crippen LogP contribution in [0.1, 0.15) is 20.8 Å². The van der Waals surface area contributed by atoms with Crippen molar-refractivity contribution in [3.05, 3.63) is 0 Å². The molecule has 0 saturated carbocycles. The van der Waals surface area contributed by atoms with Gasteiger partial charge in [-0.2, -0.15) is 5.26 Å². The Hall–Kier alpha value is -0.550. The van der Waals surface area contributed by atoms with E-state index in [4.69, 9.17) is 10.00 Å². The monoisotopic (exact) mass is 127 g/mol. The summed E-state index contributed by atoms with van der Waals surface area (Å²) < 4.78 is 4.90. The molecule has 0 rings (SSSR count). The van der Waals surface area contributed by atoms with Crippen LogP contribution < -0.4 is 0 Å². The molecule has 0 aliphatic heterocycles. The zero-order valence-corrected chi connectivity index (χ0v) is 6.43. The van der Waals surface area contributed by atoms with Gasteiger partial charge in [-0.05, 0) is 0 Å². The normalized spacial score (nSPS) is 14.6. The number of nitrogens with zero attached hydrogens (tertiary/aromatic N) is 1. The van der Waals surface area contributed by atoms with Crippen LogP contribution in [-0.2, 0) is 4.74 Å². The Kier molecular flexibility index (Phi) is 2.66. The second-order valence-electron chi connectivity index (χ2n) is 3.11. The van der Waals surface area contributed by atoms with Gasteiger partial charge in [0.25, 0.3) is 0 Å². The Morgan fingerprint density at radius 2 is 1.89 bits per heavy atom. The van der Waals surface area contributed by atoms with Gasteiger partial charge in [-0.25, -0.2) is 0 Å². The van der Waals surface area contributed by atoms with E-state index in [2.05, 4.69) is 6.07 Å². The molecule has 0 N–H and O–H groups in total. The summed E-state index contributed by atoms with van der Waals surface area (Å²) in [5.41, 5.74) is -0.0660. The van der Waals surface area contributed by atoms with E-state index in [1.165, 1.54) is 0 Å². The first-order valence-corrected chi connectivity index (χ1v) is 2.94. The summed E-state index contributed by atoms with van der Waals surface area (Å²) in [6, 6.07) is 2.07. The van der Waals surface area contributed by atoms with Gasteiger partial charge in [-0.3, -0.25) is 0 Å². The summed E-state index contributed by atoms with van der Waals surface area (Å²) in [6.07, 6.45) is -0.294. The third kappa shape index (κ3) is 2.48. The fourth-order valence-electron chi connectivity index (χ4n) is 0.600. The number of hydrogen-bond acceptors (Lipinski definition) is 2. The molecule has 1 unspecified atom stereocenters. The second kappa shape index (κ2) is 2.84. The Morgan fingerprint density at radius 1 is 1.44 bits per heavy atom. The molecular formula is C7H13NO. The number of rotatable bonds is 1. The molecule has 0 aliphatic carbocycles. The third-order valence-corrected chi connectivity index (χ3v) is 1.14. The van der Waals surface area contributed by atoms with E-state index in [0.29, 0.717) is 0 Å². The van der Waals surface area contributed by atoms with Gasteiger partial charge in [0.05, 0.1) is 6.07 Å². The van der Waals surface area contributed by atoms with Crippen molar-refractivity contribution < 1.29 is 4.74 Å². The Bertz CT molecular complexity index is 118. The van der Waals surface area contributed by atoms with Crippen LogP contribution in [-0.4, -0.2) is 13.2 Å². The Balaban J connectivity index is 4.00. The summed E-state index contributed by atoms with van der Waals surface area (Å²) in [5.74, 6) is 0. The fraction of sp³-hybridized carbons (Fsp3) is 0.857. The average Bonchev–Trinajstić information content (AvgIpc) is 1.65. The van der Waals surface area contributed by atoms with Crippen molar-refractivity contribution in [3.8, 4) is 6.07 Å². The molecule has 0 fully saturated rings. The molecule has 1 atom stereocenters. The van der Waals surface area contributed by atoms with Gasteiger partial charge < -0.3 is 4.74 Å². The maximum absolute atomic E-state index is 8.49. The van der Waals surface area contributed by atoms with E-state index in [1.807, 2.05) is 20.8 Å². The van der Waals surface area contributed by atoms with Crippen LogP contribution in [0.2, 0.25) is 0 Å². The van der Waals surface area contributed by atoms with Crippen molar-refractivity contribution in [1.29, 1.82) is 5.26 Å². The first-order valence-electron chi connectivity index (χ1n) is 2.94. The van der Waals surface area contributed by atoms with Gasteiger partial charge in [0.1, 0.15) is 6.10 Å². The molecule has 0 amide bonds. The van der Waals surface area contributed by atoms with E-state index in [1.54, 1.807) is 7.11 Å². The van der Waals surface area contributed by atoms with Gasteiger partial charge in [0.15, 0.2) is 0 Å². The molecule has 0 radical (unpaired) electrons. The molecule has 0 heterocycles. The first-order chi connectivity index (χ1) is 4.02. The molecule has 0 aromatic heterocycles. The highest BCUT2D eigenvalue weighted by molar-refractivity contribution is 4.92. The lowest BCUT2D eigenvalue weighted by Gasteiger charge is -2.22. The largest absolute Gasteiger partial charge is 0.366 e. The summed E-state index contributed by atoms with van der Waals surface area (Å²) >= 11 is 0. The van der Waals surface area contributed by atoms with Crippen molar-refractivity contribution in [2.75, 3.05) is 7.11 Å². The summed E-state index contributed by atoms with van der Waals surface area (Å²) in [7, 11) is 1.55. The minimum atomic E-state index is -0.294. The standard InChI is InChI=1S/C7H13NO/c1-7(2,3)6(5-8)9-4/h6H,1-4H3. The van der Waals surface area contributed by atoms with Crippen molar-refractivity contribution in [2.24, 2.45) is 5.41 Å². The minimum absolute atomic E-state index is 0.0660. The van der Waals surface area contributed by atoms with Crippen LogP contribution in [0.3, 0.4) is 0 Å². The number of methoxy groups -OCH3 is 1. The van der Waals surface area contributed by atoms with E-state index >= 15 is 0 Å². The van der Waals surface area contributed by atoms with Crippen LogP contribution in [0, 0.1) is 16.7 Å². The van der Waals surface area contributed by atoms with Crippen LogP contribution >= 0.6 is 0 Å². The highest BCUT2D eigenvalue weighted by atomic mass is 16.5. The molecule has 0 aromatic rings. The van der Waals surface area contributed by atoms with Crippen molar-refractivity contribution >= 4 is 0 Å². The van der Waals surface area contributed by atoms with Gasteiger partial charge in [-0.1, -0.05) is 20.8 Å². The zero-order chi connectivity index (χ0) is 7.49. The van der Waals surface area contributed by atoms with Crippen molar-refractivity contribution in [2.45, 2.75) is 26.9 Å². The Morgan fingerprint density at radius 3 is 1.89 bits per heavy atom. The third-order valence-electron chi connectivity index (χ3n) is 1.14. The lowest BCUT2D eigenvalue weighted by molar-refractivity contribution is 0.0592. The molecule has 0 aromatic carbocycles. The topological polar surface area (TPSA) is 33.0 Å². The first kappa shape index (κ1) is 8.45. The molecular weight excluding hydrogens is 114 g/mol. The predicted molar refractivity (Wildman–Crippen MR) is 35.9 cm³/mol. The zero-order valence-electron chi connectivity index (χ0n) is 6.43. The fourth-order valence-corrected chi connectivity index (χ4v) is 0.600. The molecule has 0 aliphatic rings. The van der Waals surface area contributed by atoms with Gasteiger partial charge >= 0.3 is 0 Å². The molecule has 0 bridgehead atoms. The summed E-state index contributed by atoms with van der Waals surface area (Å²) in [4.78, 5) is 0. The SMILES string of the molecule is COC(C#N)C(C)(C)C. The molecule has 0 spiro atoms. The smallest absolute Gasteiger partial charge is 0.148 e. The van der Waals surface area contributed by atoms with Crippen molar-refractivity contribution in [1.82, 2.24) is 0 Å². The number of nitriles is 1. The van der Waals surface area contributed by atoms with E-state index in [9.17, 15) is 0 Å². The average molecular weight is 127 g/mol. The highest BCUT2D eigenvalue weighted by Crippen LogP contribution is 2.20. The summed E-state index contributed by atoms with van der Waals surface area (Å²) in [5, 5.41) is 8.49. The highest BCUT2D eigenvalue weighted by Gasteiger charge is 2.23. The van der Waals surface area contributed by atoms with Crippen LogP contribution in [0.5, 0.6) is 0 Å². The molecule has 0 saturated heterocycles. The lowest BCUT2D eigenvalue weighted by atomic mass is 9.90. The maximum Gasteiger partial charge on any atom is 0.148 e. The molecule has 2 heteroatoms. The quantitative estimate of drug-likeness (QED) is 0.535. The van der Waals surface area contributed by atoms with Crippen LogP contribution in [0.25, 0.3) is 0 Å². The molecule has 9 heavy (non-hydrogen) atoms. The number of ether oxygens (including phenoxy) is 1. The second-order valence-corrected chi connectivity index (χ2v) is 3.11. The molecule has 52 valence electrons. The lowest BCUT2D eigenvalue weighted by Crippen LogP contribution is -2.26. The van der Waals surface area contributed by atoms with E-state index in [-0.39, 0.29) is 11.5 Å². The maximum atomic E-state index is 8.49. The number of hydrogen-bond donors (Lipinski definition) is 0. The van der Waals surface area contributed by atoms with Gasteiger partial charge in [0.2, 0.25) is 0 Å². The van der Waals surface area contributed by atoms with Crippen molar-refractivity contribution in [3.63, 3.8) is 0 Å². The molecule has 2 nitrogen and oxygen atoms in total. The van der Waals surface area contributed by atoms with Gasteiger partial charge in [0, 0.05) is 12.5 Å². The predicted octanol–water partition coefficient (Wildman–Crippen LogP) is 1.57. The van der Waals surface area contributed by atoms with Gasteiger partial charge in [-0.15, -0.1) is 0 Å². The van der Waals surface area contributed by atoms with Crippen LogP contribution in [0.15, 0.2) is 0 Å². The van der Waals surface area contributed by atoms with E-state index in [0.717, 1.165) is 0 Å². The Labute approximate surface area is 56.4 Å². The minimum Gasteiger partial charge on any atom is -0.366 e. The van der Waals surface area contributed by atoms with E-state index < -0.39 is 0 Å². The van der Waals surface area contributed by atoms with Crippen LogP contribution in [0.4, 0.5) is 0 Å².